The second-order valence-electron chi connectivity index (χ2n) is 9.63. The maximum Gasteiger partial charge on any atom is 0.416 e. The zero-order chi connectivity index (χ0) is 27.4. The fourth-order valence-corrected chi connectivity index (χ4v) is 5.74. The minimum absolute atomic E-state index is 0.00186. The smallest absolute Gasteiger partial charge is 0.416 e. The van der Waals surface area contributed by atoms with E-state index in [2.05, 4.69) is 20.8 Å². The minimum Gasteiger partial charge on any atom is -0.480 e. The molecule has 0 spiro atoms. The molecule has 0 radical (unpaired) electrons. The highest BCUT2D eigenvalue weighted by molar-refractivity contribution is 7.99. The van der Waals surface area contributed by atoms with Crippen LogP contribution in [0.2, 0.25) is 5.02 Å². The topological polar surface area (TPSA) is 43.2 Å². The van der Waals surface area contributed by atoms with Gasteiger partial charge in [-0.3, -0.25) is 0 Å². The molecule has 2 aromatic carbocycles. The van der Waals surface area contributed by atoms with Crippen molar-refractivity contribution in [3.63, 3.8) is 0 Å². The lowest BCUT2D eigenvalue weighted by Crippen LogP contribution is -2.46. The Morgan fingerprint density at radius 1 is 1.03 bits per heavy atom. The maximum absolute atomic E-state index is 13.1. The molecule has 0 saturated heterocycles. The maximum atomic E-state index is 13.1. The van der Waals surface area contributed by atoms with E-state index in [4.69, 9.17) is 31.1 Å². The molecule has 1 unspecified atom stereocenters. The Hall–Kier alpha value is -2.19. The van der Waals surface area contributed by atoms with E-state index in [0.29, 0.717) is 41.3 Å². The highest BCUT2D eigenvalue weighted by atomic mass is 35.5. The van der Waals surface area contributed by atoms with Gasteiger partial charge >= 0.3 is 6.18 Å². The number of rotatable bonds is 8. The van der Waals surface area contributed by atoms with Crippen LogP contribution in [-0.2, 0) is 15.7 Å². The zero-order valence-corrected chi connectivity index (χ0v) is 23.6. The molecule has 1 heterocycles. The standard InChI is InChI=1S/C28H34ClF3N2O2S/c1-7-35-25-24(17(3)4)33-26(36-8-2)27(6,34-25)16-18(5)22-13-12-21(15-23(22)29)37-20-11-9-10-19(14-20)28(30,31)32/h9-15,17-18,24H,7-8,16H2,1-6H3/t18?,24-,27+/m0/s1. The Labute approximate surface area is 226 Å². The van der Waals surface area contributed by atoms with E-state index in [1.807, 2.05) is 32.9 Å². The van der Waals surface area contributed by atoms with Gasteiger partial charge in [0.15, 0.2) is 0 Å². The van der Waals surface area contributed by atoms with Gasteiger partial charge in [-0.05, 0) is 74.9 Å². The van der Waals surface area contributed by atoms with E-state index in [0.717, 1.165) is 22.6 Å². The molecule has 0 bridgehead atoms. The molecule has 0 N–H and O–H groups in total. The third-order valence-electron chi connectivity index (χ3n) is 6.14. The molecule has 1 aliphatic rings. The molecule has 0 aromatic heterocycles. The van der Waals surface area contributed by atoms with Gasteiger partial charge in [-0.25, -0.2) is 9.98 Å². The first-order chi connectivity index (χ1) is 17.4. The summed E-state index contributed by atoms with van der Waals surface area (Å²) in [6.45, 7) is 13.1. The van der Waals surface area contributed by atoms with Gasteiger partial charge in [0, 0.05) is 14.8 Å². The molecular weight excluding hydrogens is 521 g/mol. The van der Waals surface area contributed by atoms with Crippen LogP contribution in [-0.4, -0.2) is 36.6 Å². The van der Waals surface area contributed by atoms with Crippen molar-refractivity contribution in [2.45, 2.75) is 81.4 Å². The van der Waals surface area contributed by atoms with Gasteiger partial charge in [-0.15, -0.1) is 0 Å². The summed E-state index contributed by atoms with van der Waals surface area (Å²) in [5, 5.41) is 0.549. The van der Waals surface area contributed by atoms with E-state index in [1.165, 1.54) is 17.8 Å². The third kappa shape index (κ3) is 7.23. The predicted molar refractivity (Wildman–Crippen MR) is 145 cm³/mol. The van der Waals surface area contributed by atoms with Crippen LogP contribution >= 0.6 is 23.4 Å². The summed E-state index contributed by atoms with van der Waals surface area (Å²) in [5.41, 5.74) is -0.473. The number of alkyl halides is 3. The molecule has 37 heavy (non-hydrogen) atoms. The summed E-state index contributed by atoms with van der Waals surface area (Å²) in [4.78, 5) is 11.2. The zero-order valence-electron chi connectivity index (χ0n) is 22.0. The van der Waals surface area contributed by atoms with Crippen molar-refractivity contribution >= 4 is 35.2 Å². The Morgan fingerprint density at radius 3 is 2.30 bits per heavy atom. The Balaban J connectivity index is 1.84. The van der Waals surface area contributed by atoms with Crippen LogP contribution in [0.15, 0.2) is 62.2 Å². The number of benzene rings is 2. The van der Waals surface area contributed by atoms with E-state index in [9.17, 15) is 13.2 Å². The average Bonchev–Trinajstić information content (AvgIpc) is 2.80. The predicted octanol–water partition coefficient (Wildman–Crippen LogP) is 8.67. The number of aliphatic imine (C=N–C) groups is 2. The van der Waals surface area contributed by atoms with E-state index < -0.39 is 17.3 Å². The van der Waals surface area contributed by atoms with Gasteiger partial charge in [0.1, 0.15) is 11.6 Å². The largest absolute Gasteiger partial charge is 0.480 e. The van der Waals surface area contributed by atoms with Crippen LogP contribution in [0.4, 0.5) is 13.2 Å². The van der Waals surface area contributed by atoms with Crippen LogP contribution in [0.1, 0.15) is 65.0 Å². The van der Waals surface area contributed by atoms with Crippen molar-refractivity contribution in [1.29, 1.82) is 0 Å². The van der Waals surface area contributed by atoms with Crippen molar-refractivity contribution in [3.8, 4) is 0 Å². The van der Waals surface area contributed by atoms with Crippen molar-refractivity contribution in [1.82, 2.24) is 0 Å². The van der Waals surface area contributed by atoms with Gasteiger partial charge in [-0.2, -0.15) is 13.2 Å². The number of ether oxygens (including phenoxy) is 2. The molecule has 1 aliphatic heterocycles. The van der Waals surface area contributed by atoms with Crippen molar-refractivity contribution in [3.05, 3.63) is 58.6 Å². The SMILES string of the molecule is CCOC1=N[C@](C)(CC(C)c2ccc(Sc3cccc(C(F)(F)F)c3)cc2Cl)C(OCC)=N[C@H]1C(C)C. The van der Waals surface area contributed by atoms with Gasteiger partial charge in [0.2, 0.25) is 11.8 Å². The van der Waals surface area contributed by atoms with Crippen molar-refractivity contribution < 1.29 is 22.6 Å². The molecular formula is C28H34ClF3N2O2S. The van der Waals surface area contributed by atoms with Gasteiger partial charge in [-0.1, -0.05) is 56.3 Å². The first kappa shape index (κ1) is 29.4. The summed E-state index contributed by atoms with van der Waals surface area (Å²) in [5.74, 6) is 1.42. The summed E-state index contributed by atoms with van der Waals surface area (Å²) < 4.78 is 51.1. The van der Waals surface area contributed by atoms with Crippen molar-refractivity contribution in [2.75, 3.05) is 13.2 Å². The minimum atomic E-state index is -4.38. The van der Waals surface area contributed by atoms with Gasteiger partial charge in [0.25, 0.3) is 0 Å². The lowest BCUT2D eigenvalue weighted by atomic mass is 9.84. The average molecular weight is 555 g/mol. The molecule has 202 valence electrons. The van der Waals surface area contributed by atoms with Crippen LogP contribution in [0.25, 0.3) is 0 Å². The fraction of sp³-hybridized carbons (Fsp3) is 0.500. The van der Waals surface area contributed by atoms with Crippen LogP contribution < -0.4 is 0 Å². The molecule has 4 nitrogen and oxygen atoms in total. The van der Waals surface area contributed by atoms with E-state index in [-0.39, 0.29) is 17.9 Å². The molecule has 0 fully saturated rings. The van der Waals surface area contributed by atoms with E-state index >= 15 is 0 Å². The Bertz CT molecular complexity index is 1150. The number of hydrogen-bond donors (Lipinski definition) is 0. The van der Waals surface area contributed by atoms with Crippen LogP contribution in [0.3, 0.4) is 0 Å². The number of nitrogens with zero attached hydrogens (tertiary/aromatic N) is 2. The molecule has 9 heteroatoms. The second-order valence-corrected chi connectivity index (χ2v) is 11.2. The molecule has 0 amide bonds. The third-order valence-corrected chi connectivity index (χ3v) is 7.44. The lowest BCUT2D eigenvalue weighted by Gasteiger charge is -2.36. The highest BCUT2D eigenvalue weighted by Crippen LogP contribution is 2.39. The number of halogens is 4. The molecule has 3 rings (SSSR count). The summed E-state index contributed by atoms with van der Waals surface area (Å²) in [6, 6.07) is 10.7. The number of hydrogen-bond acceptors (Lipinski definition) is 5. The molecule has 2 aromatic rings. The Kier molecular flexibility index (Phi) is 9.62. The Morgan fingerprint density at radius 2 is 1.70 bits per heavy atom. The van der Waals surface area contributed by atoms with Crippen LogP contribution in [0, 0.1) is 5.92 Å². The monoisotopic (exact) mass is 554 g/mol. The first-order valence-corrected chi connectivity index (χ1v) is 13.7. The lowest BCUT2D eigenvalue weighted by molar-refractivity contribution is -0.137. The fourth-order valence-electron chi connectivity index (χ4n) is 4.39. The van der Waals surface area contributed by atoms with Crippen molar-refractivity contribution in [2.24, 2.45) is 15.9 Å². The van der Waals surface area contributed by atoms with Crippen LogP contribution in [0.5, 0.6) is 0 Å². The summed E-state index contributed by atoms with van der Waals surface area (Å²) >= 11 is 7.92. The molecule has 3 atom stereocenters. The second kappa shape index (κ2) is 12.1. The first-order valence-electron chi connectivity index (χ1n) is 12.5. The summed E-state index contributed by atoms with van der Waals surface area (Å²) in [6.07, 6.45) is -3.79. The molecule has 0 aliphatic carbocycles. The van der Waals surface area contributed by atoms with E-state index in [1.54, 1.807) is 12.1 Å². The van der Waals surface area contributed by atoms with Gasteiger partial charge in [0.05, 0.1) is 18.8 Å². The molecule has 0 saturated carbocycles. The summed E-state index contributed by atoms with van der Waals surface area (Å²) in [7, 11) is 0. The normalized spacial score (nSPS) is 20.9. The van der Waals surface area contributed by atoms with Gasteiger partial charge < -0.3 is 9.47 Å². The quantitative estimate of drug-likeness (QED) is 0.328. The highest BCUT2D eigenvalue weighted by Gasteiger charge is 2.41.